The average molecular weight is 409 g/mol. The van der Waals surface area contributed by atoms with Crippen LogP contribution >= 0.6 is 27.3 Å². The number of carbonyl (C=O) groups is 2. The van der Waals surface area contributed by atoms with Crippen molar-refractivity contribution in [3.63, 3.8) is 0 Å². The molecule has 0 aliphatic heterocycles. The van der Waals surface area contributed by atoms with Crippen LogP contribution in [0.3, 0.4) is 0 Å². The third kappa shape index (κ3) is 3.62. The van der Waals surface area contributed by atoms with Gasteiger partial charge in [-0.1, -0.05) is 15.9 Å². The molecule has 1 aromatic carbocycles. The van der Waals surface area contributed by atoms with E-state index >= 15 is 0 Å². The molecule has 1 atom stereocenters. The SMILES string of the molecule is COC(=O)C(Cn1ccnc1)NC(=O)c1nc2ccc(Br)cc2s1. The van der Waals surface area contributed by atoms with E-state index in [-0.39, 0.29) is 6.54 Å². The number of nitrogens with zero attached hydrogens (tertiary/aromatic N) is 3. The number of carbonyl (C=O) groups excluding carboxylic acids is 2. The first-order valence-electron chi connectivity index (χ1n) is 6.97. The predicted octanol–water partition coefficient (Wildman–Crippen LogP) is 2.23. The summed E-state index contributed by atoms with van der Waals surface area (Å²) in [7, 11) is 1.28. The minimum Gasteiger partial charge on any atom is -0.467 e. The van der Waals surface area contributed by atoms with Crippen LogP contribution in [-0.4, -0.2) is 39.6 Å². The van der Waals surface area contributed by atoms with Gasteiger partial charge in [0.05, 0.1) is 30.2 Å². The van der Waals surface area contributed by atoms with E-state index in [4.69, 9.17) is 4.74 Å². The number of benzene rings is 1. The standard InChI is InChI=1S/C15H13BrN4O3S/c1-23-15(22)11(7-20-5-4-17-8-20)18-13(21)14-19-10-3-2-9(16)6-12(10)24-14/h2-6,8,11H,7H2,1H3,(H,18,21). The lowest BCUT2D eigenvalue weighted by Gasteiger charge is -2.16. The molecule has 0 fully saturated rings. The minimum atomic E-state index is -0.824. The van der Waals surface area contributed by atoms with E-state index in [1.54, 1.807) is 23.3 Å². The first kappa shape index (κ1) is 16.6. The molecule has 0 bridgehead atoms. The monoisotopic (exact) mass is 408 g/mol. The van der Waals surface area contributed by atoms with Crippen LogP contribution < -0.4 is 5.32 Å². The zero-order chi connectivity index (χ0) is 17.1. The fraction of sp³-hybridized carbons (Fsp3) is 0.200. The van der Waals surface area contributed by atoms with Gasteiger partial charge in [-0.15, -0.1) is 11.3 Å². The molecule has 1 amide bonds. The van der Waals surface area contributed by atoms with Crippen LogP contribution in [0.25, 0.3) is 10.2 Å². The second kappa shape index (κ2) is 7.10. The van der Waals surface area contributed by atoms with Gasteiger partial charge < -0.3 is 14.6 Å². The Hall–Kier alpha value is -2.26. The van der Waals surface area contributed by atoms with Crippen molar-refractivity contribution < 1.29 is 14.3 Å². The van der Waals surface area contributed by atoms with E-state index in [1.807, 2.05) is 18.2 Å². The maximum absolute atomic E-state index is 12.5. The van der Waals surface area contributed by atoms with Gasteiger partial charge >= 0.3 is 5.97 Å². The zero-order valence-electron chi connectivity index (χ0n) is 12.6. The van der Waals surface area contributed by atoms with Gasteiger partial charge in [0.1, 0.15) is 6.04 Å². The summed E-state index contributed by atoms with van der Waals surface area (Å²) in [5.41, 5.74) is 0.734. The number of rotatable bonds is 5. The third-order valence-electron chi connectivity index (χ3n) is 3.29. The molecule has 2 heterocycles. The minimum absolute atomic E-state index is 0.231. The van der Waals surface area contributed by atoms with Gasteiger partial charge in [-0.05, 0) is 18.2 Å². The van der Waals surface area contributed by atoms with E-state index in [2.05, 4.69) is 31.2 Å². The largest absolute Gasteiger partial charge is 0.467 e. The number of amides is 1. The van der Waals surface area contributed by atoms with Crippen LogP contribution in [0.4, 0.5) is 0 Å². The van der Waals surface area contributed by atoms with E-state index in [0.29, 0.717) is 5.01 Å². The van der Waals surface area contributed by atoms with Crippen molar-refractivity contribution in [2.75, 3.05) is 7.11 Å². The summed E-state index contributed by atoms with van der Waals surface area (Å²) in [5, 5.41) is 2.97. The highest BCUT2D eigenvalue weighted by atomic mass is 79.9. The van der Waals surface area contributed by atoms with Gasteiger partial charge in [0, 0.05) is 16.9 Å². The van der Waals surface area contributed by atoms with Gasteiger partial charge in [-0.2, -0.15) is 0 Å². The summed E-state index contributed by atoms with van der Waals surface area (Å²) in [4.78, 5) is 32.6. The Morgan fingerprint density at radius 3 is 3.00 bits per heavy atom. The number of imidazole rings is 1. The lowest BCUT2D eigenvalue weighted by atomic mass is 10.3. The van der Waals surface area contributed by atoms with Gasteiger partial charge in [-0.25, -0.2) is 14.8 Å². The highest BCUT2D eigenvalue weighted by Crippen LogP contribution is 2.25. The molecule has 1 N–H and O–H groups in total. The topological polar surface area (TPSA) is 86.1 Å². The summed E-state index contributed by atoms with van der Waals surface area (Å²) in [6.07, 6.45) is 4.87. The molecule has 1 unspecified atom stereocenters. The Morgan fingerprint density at radius 2 is 2.29 bits per heavy atom. The molecule has 0 radical (unpaired) electrons. The number of esters is 1. The van der Waals surface area contributed by atoms with E-state index in [9.17, 15) is 9.59 Å². The van der Waals surface area contributed by atoms with Crippen molar-refractivity contribution in [1.82, 2.24) is 19.9 Å². The third-order valence-corrected chi connectivity index (χ3v) is 4.80. The van der Waals surface area contributed by atoms with Crippen molar-refractivity contribution in [1.29, 1.82) is 0 Å². The van der Waals surface area contributed by atoms with Crippen LogP contribution in [0.5, 0.6) is 0 Å². The fourth-order valence-corrected chi connectivity index (χ4v) is 3.56. The molecule has 3 aromatic rings. The van der Waals surface area contributed by atoms with Gasteiger partial charge in [0.15, 0.2) is 5.01 Å². The number of nitrogens with one attached hydrogen (secondary N) is 1. The van der Waals surface area contributed by atoms with Crippen molar-refractivity contribution in [2.45, 2.75) is 12.6 Å². The molecule has 0 aliphatic carbocycles. The van der Waals surface area contributed by atoms with E-state index in [0.717, 1.165) is 14.7 Å². The van der Waals surface area contributed by atoms with Crippen molar-refractivity contribution in [3.05, 3.63) is 46.4 Å². The quantitative estimate of drug-likeness (QED) is 0.654. The maximum atomic E-state index is 12.5. The molecule has 0 spiro atoms. The lowest BCUT2D eigenvalue weighted by molar-refractivity contribution is -0.143. The Kier molecular flexibility index (Phi) is 4.91. The van der Waals surface area contributed by atoms with E-state index in [1.165, 1.54) is 18.4 Å². The first-order chi connectivity index (χ1) is 11.6. The van der Waals surface area contributed by atoms with Crippen LogP contribution in [0.2, 0.25) is 0 Å². The summed E-state index contributed by atoms with van der Waals surface area (Å²) < 4.78 is 8.26. The van der Waals surface area contributed by atoms with Gasteiger partial charge in [0.25, 0.3) is 5.91 Å². The molecule has 0 saturated heterocycles. The highest BCUT2D eigenvalue weighted by molar-refractivity contribution is 9.10. The molecule has 0 aliphatic rings. The van der Waals surface area contributed by atoms with Crippen molar-refractivity contribution in [3.8, 4) is 0 Å². The van der Waals surface area contributed by atoms with Crippen LogP contribution in [0.1, 0.15) is 9.80 Å². The normalized spacial score (nSPS) is 12.1. The van der Waals surface area contributed by atoms with Crippen LogP contribution in [0.15, 0.2) is 41.4 Å². The molecule has 0 saturated carbocycles. The number of halogens is 1. The summed E-state index contributed by atoms with van der Waals surface area (Å²) in [5.74, 6) is -0.941. The number of methoxy groups -OCH3 is 1. The molecule has 24 heavy (non-hydrogen) atoms. The van der Waals surface area contributed by atoms with Crippen molar-refractivity contribution >= 4 is 49.4 Å². The molecule has 7 nitrogen and oxygen atoms in total. The van der Waals surface area contributed by atoms with Gasteiger partial charge in [-0.3, -0.25) is 4.79 Å². The first-order valence-corrected chi connectivity index (χ1v) is 8.58. The molecule has 3 rings (SSSR count). The fourth-order valence-electron chi connectivity index (χ4n) is 2.14. The number of thiazole rings is 1. The number of aromatic nitrogens is 3. The maximum Gasteiger partial charge on any atom is 0.330 e. The molecular formula is C15H13BrN4O3S. The summed E-state index contributed by atoms with van der Waals surface area (Å²) >= 11 is 4.65. The second-order valence-corrected chi connectivity index (χ2v) is 6.89. The zero-order valence-corrected chi connectivity index (χ0v) is 15.0. The molecular weight excluding hydrogens is 396 g/mol. The smallest absolute Gasteiger partial charge is 0.330 e. The van der Waals surface area contributed by atoms with E-state index < -0.39 is 17.9 Å². The average Bonchev–Trinajstić information content (AvgIpc) is 3.22. The lowest BCUT2D eigenvalue weighted by Crippen LogP contribution is -2.44. The number of hydrogen-bond acceptors (Lipinski definition) is 6. The molecule has 9 heteroatoms. The Bertz CT molecular complexity index is 878. The van der Waals surface area contributed by atoms with Crippen LogP contribution in [0, 0.1) is 0 Å². The second-order valence-electron chi connectivity index (χ2n) is 4.94. The Morgan fingerprint density at radius 1 is 1.46 bits per heavy atom. The molecule has 2 aromatic heterocycles. The number of fused-ring (bicyclic) bond motifs is 1. The predicted molar refractivity (Wildman–Crippen MR) is 92.8 cm³/mol. The van der Waals surface area contributed by atoms with Gasteiger partial charge in [0.2, 0.25) is 0 Å². The van der Waals surface area contributed by atoms with Crippen LogP contribution in [-0.2, 0) is 16.1 Å². The molecule has 124 valence electrons. The van der Waals surface area contributed by atoms with Crippen molar-refractivity contribution in [2.24, 2.45) is 0 Å². The number of hydrogen-bond donors (Lipinski definition) is 1. The summed E-state index contributed by atoms with van der Waals surface area (Å²) in [6.45, 7) is 0.231. The Balaban J connectivity index is 1.79. The summed E-state index contributed by atoms with van der Waals surface area (Å²) in [6, 6.07) is 4.76. The number of ether oxygens (including phenoxy) is 1. The highest BCUT2D eigenvalue weighted by Gasteiger charge is 2.24. The Labute approximate surface area is 149 Å².